The fourth-order valence-electron chi connectivity index (χ4n) is 2.04. The molecule has 0 aromatic heterocycles. The zero-order chi connectivity index (χ0) is 11.8. The number of benzene rings is 1. The van der Waals surface area contributed by atoms with E-state index in [2.05, 4.69) is 0 Å². The van der Waals surface area contributed by atoms with Crippen molar-refractivity contribution in [2.45, 2.75) is 19.0 Å². The summed E-state index contributed by atoms with van der Waals surface area (Å²) in [6.45, 7) is 1.24. The number of phenols is 1. The van der Waals surface area contributed by atoms with Gasteiger partial charge in [-0.1, -0.05) is 6.07 Å². The molecule has 0 atom stereocenters. The van der Waals surface area contributed by atoms with E-state index < -0.39 is 17.5 Å². The Bertz CT molecular complexity index is 383. The van der Waals surface area contributed by atoms with E-state index >= 15 is 0 Å². The van der Waals surface area contributed by atoms with E-state index in [1.54, 1.807) is 4.90 Å². The first-order valence-corrected chi connectivity index (χ1v) is 5.14. The maximum absolute atomic E-state index is 12.8. The standard InChI is InChI=1S/C11H12F3NO/c12-11(13,14)10-8(4-3-5-9(10)16)15-6-1-2-7-15/h3-5,16H,1-2,6-7H2. The van der Waals surface area contributed by atoms with Gasteiger partial charge in [0.25, 0.3) is 0 Å². The van der Waals surface area contributed by atoms with E-state index in [0.717, 1.165) is 18.9 Å². The number of phenolic OH excluding ortho intramolecular Hbond substituents is 1. The highest BCUT2D eigenvalue weighted by molar-refractivity contribution is 5.60. The molecule has 1 aliphatic rings. The van der Waals surface area contributed by atoms with Crippen molar-refractivity contribution in [1.82, 2.24) is 0 Å². The maximum Gasteiger partial charge on any atom is 0.421 e. The number of hydrogen-bond acceptors (Lipinski definition) is 2. The third-order valence-corrected chi connectivity index (χ3v) is 2.75. The number of aromatic hydroxyl groups is 1. The van der Waals surface area contributed by atoms with Crippen molar-refractivity contribution in [2.75, 3.05) is 18.0 Å². The maximum atomic E-state index is 12.8. The average Bonchev–Trinajstić information content (AvgIpc) is 2.67. The van der Waals surface area contributed by atoms with Gasteiger partial charge in [0.1, 0.15) is 11.3 Å². The van der Waals surface area contributed by atoms with Crippen LogP contribution in [-0.4, -0.2) is 18.2 Å². The molecular weight excluding hydrogens is 219 g/mol. The number of halogens is 3. The number of anilines is 1. The molecule has 88 valence electrons. The minimum Gasteiger partial charge on any atom is -0.507 e. The van der Waals surface area contributed by atoms with Gasteiger partial charge in [0.2, 0.25) is 0 Å². The zero-order valence-corrected chi connectivity index (χ0v) is 8.59. The van der Waals surface area contributed by atoms with E-state index in [-0.39, 0.29) is 5.69 Å². The Morgan fingerprint density at radius 3 is 2.31 bits per heavy atom. The van der Waals surface area contributed by atoms with Crippen molar-refractivity contribution in [3.05, 3.63) is 23.8 Å². The lowest BCUT2D eigenvalue weighted by molar-refractivity contribution is -0.138. The van der Waals surface area contributed by atoms with Crippen LogP contribution in [0, 0.1) is 0 Å². The SMILES string of the molecule is Oc1cccc(N2CCCC2)c1C(F)(F)F. The Kier molecular flexibility index (Phi) is 2.69. The lowest BCUT2D eigenvalue weighted by Gasteiger charge is -2.23. The Morgan fingerprint density at radius 1 is 1.12 bits per heavy atom. The minimum absolute atomic E-state index is 0.0880. The van der Waals surface area contributed by atoms with Gasteiger partial charge in [-0.2, -0.15) is 13.2 Å². The smallest absolute Gasteiger partial charge is 0.421 e. The Morgan fingerprint density at radius 2 is 1.75 bits per heavy atom. The molecule has 1 aromatic rings. The first-order chi connectivity index (χ1) is 7.50. The number of hydrogen-bond donors (Lipinski definition) is 1. The Balaban J connectivity index is 2.47. The van der Waals surface area contributed by atoms with Crippen LogP contribution in [0.4, 0.5) is 18.9 Å². The summed E-state index contributed by atoms with van der Waals surface area (Å²) in [5, 5.41) is 9.34. The van der Waals surface area contributed by atoms with Crippen molar-refractivity contribution in [2.24, 2.45) is 0 Å². The van der Waals surface area contributed by atoms with Crippen molar-refractivity contribution >= 4 is 5.69 Å². The lowest BCUT2D eigenvalue weighted by atomic mass is 10.1. The van der Waals surface area contributed by atoms with Crippen molar-refractivity contribution in [3.63, 3.8) is 0 Å². The molecule has 1 heterocycles. The molecule has 1 N–H and O–H groups in total. The first kappa shape index (κ1) is 11.1. The molecule has 0 bridgehead atoms. The van der Waals surface area contributed by atoms with Gasteiger partial charge in [-0.05, 0) is 25.0 Å². The van der Waals surface area contributed by atoms with Crippen LogP contribution in [-0.2, 0) is 6.18 Å². The summed E-state index contributed by atoms with van der Waals surface area (Å²) in [6, 6.07) is 3.93. The van der Waals surface area contributed by atoms with Gasteiger partial charge in [-0.15, -0.1) is 0 Å². The van der Waals surface area contributed by atoms with Crippen LogP contribution in [0.1, 0.15) is 18.4 Å². The highest BCUT2D eigenvalue weighted by atomic mass is 19.4. The summed E-state index contributed by atoms with van der Waals surface area (Å²) >= 11 is 0. The molecule has 16 heavy (non-hydrogen) atoms. The summed E-state index contributed by atoms with van der Waals surface area (Å²) in [5.41, 5.74) is -0.832. The molecule has 0 spiro atoms. The van der Waals surface area contributed by atoms with Crippen LogP contribution in [0.15, 0.2) is 18.2 Å². The van der Waals surface area contributed by atoms with Gasteiger partial charge in [-0.3, -0.25) is 0 Å². The second kappa shape index (κ2) is 3.88. The second-order valence-corrected chi connectivity index (χ2v) is 3.86. The van der Waals surface area contributed by atoms with Crippen LogP contribution in [0.3, 0.4) is 0 Å². The highest BCUT2D eigenvalue weighted by Crippen LogP contribution is 2.42. The first-order valence-electron chi connectivity index (χ1n) is 5.14. The van der Waals surface area contributed by atoms with Crippen molar-refractivity contribution in [1.29, 1.82) is 0 Å². The molecule has 1 aromatic carbocycles. The summed E-state index contributed by atoms with van der Waals surface area (Å²) < 4.78 is 38.3. The summed E-state index contributed by atoms with van der Waals surface area (Å²) in [6.07, 6.45) is -2.72. The zero-order valence-electron chi connectivity index (χ0n) is 8.59. The van der Waals surface area contributed by atoms with Gasteiger partial charge in [0, 0.05) is 13.1 Å². The van der Waals surface area contributed by atoms with E-state index in [1.807, 2.05) is 0 Å². The number of rotatable bonds is 1. The molecule has 0 radical (unpaired) electrons. The van der Waals surface area contributed by atoms with E-state index in [9.17, 15) is 18.3 Å². The topological polar surface area (TPSA) is 23.5 Å². The molecule has 0 unspecified atom stereocenters. The largest absolute Gasteiger partial charge is 0.507 e. The van der Waals surface area contributed by atoms with Gasteiger partial charge < -0.3 is 10.0 Å². The van der Waals surface area contributed by atoms with E-state index in [4.69, 9.17) is 0 Å². The molecule has 2 rings (SSSR count). The monoisotopic (exact) mass is 231 g/mol. The number of nitrogens with zero attached hydrogens (tertiary/aromatic N) is 1. The van der Waals surface area contributed by atoms with Crippen LogP contribution in [0.25, 0.3) is 0 Å². The fourth-order valence-corrected chi connectivity index (χ4v) is 2.04. The molecule has 0 aliphatic carbocycles. The quantitative estimate of drug-likeness (QED) is 0.803. The van der Waals surface area contributed by atoms with Crippen LogP contribution >= 0.6 is 0 Å². The molecular formula is C11H12F3NO. The van der Waals surface area contributed by atoms with Gasteiger partial charge >= 0.3 is 6.18 Å². The summed E-state index contributed by atoms with van der Waals surface area (Å²) in [7, 11) is 0. The third-order valence-electron chi connectivity index (χ3n) is 2.75. The molecule has 2 nitrogen and oxygen atoms in total. The third kappa shape index (κ3) is 1.94. The predicted octanol–water partition coefficient (Wildman–Crippen LogP) is 3.01. The summed E-state index contributed by atoms with van der Waals surface area (Å²) in [4.78, 5) is 1.67. The summed E-state index contributed by atoms with van der Waals surface area (Å²) in [5.74, 6) is -0.697. The van der Waals surface area contributed by atoms with Gasteiger partial charge in [-0.25, -0.2) is 0 Å². The molecule has 1 aliphatic heterocycles. The highest BCUT2D eigenvalue weighted by Gasteiger charge is 2.38. The van der Waals surface area contributed by atoms with Gasteiger partial charge in [0.15, 0.2) is 0 Å². The number of alkyl halides is 3. The fraction of sp³-hybridized carbons (Fsp3) is 0.455. The molecule has 0 amide bonds. The van der Waals surface area contributed by atoms with Crippen molar-refractivity contribution < 1.29 is 18.3 Å². The Labute approximate surface area is 91.3 Å². The van der Waals surface area contributed by atoms with E-state index in [1.165, 1.54) is 12.1 Å². The van der Waals surface area contributed by atoms with Crippen LogP contribution < -0.4 is 4.90 Å². The lowest BCUT2D eigenvalue weighted by Crippen LogP contribution is -2.22. The second-order valence-electron chi connectivity index (χ2n) is 3.86. The van der Waals surface area contributed by atoms with E-state index in [0.29, 0.717) is 13.1 Å². The Hall–Kier alpha value is -1.39. The molecule has 1 fully saturated rings. The van der Waals surface area contributed by atoms with Gasteiger partial charge in [0.05, 0.1) is 5.69 Å². The van der Waals surface area contributed by atoms with Crippen molar-refractivity contribution in [3.8, 4) is 5.75 Å². The molecule has 0 saturated carbocycles. The molecule has 1 saturated heterocycles. The van der Waals surface area contributed by atoms with Crippen LogP contribution in [0.5, 0.6) is 5.75 Å². The average molecular weight is 231 g/mol. The normalized spacial score (nSPS) is 16.8. The minimum atomic E-state index is -4.51. The van der Waals surface area contributed by atoms with Crippen LogP contribution in [0.2, 0.25) is 0 Å². The molecule has 5 heteroatoms. The predicted molar refractivity (Wildman–Crippen MR) is 54.6 cm³/mol.